The van der Waals surface area contributed by atoms with E-state index in [1.165, 1.54) is 0 Å². The number of carbonyl (C=O) groups is 1. The predicted molar refractivity (Wildman–Crippen MR) is 72.5 cm³/mol. The molecule has 0 aromatic heterocycles. The van der Waals surface area contributed by atoms with Crippen molar-refractivity contribution in [2.45, 2.75) is 19.8 Å². The number of carbonyl (C=O) groups excluding carboxylic acids is 1. The van der Waals surface area contributed by atoms with Gasteiger partial charge in [0.05, 0.1) is 13.0 Å². The van der Waals surface area contributed by atoms with Gasteiger partial charge in [0, 0.05) is 13.1 Å². The summed E-state index contributed by atoms with van der Waals surface area (Å²) in [4.78, 5) is 11.9. The zero-order chi connectivity index (χ0) is 13.4. The van der Waals surface area contributed by atoms with Gasteiger partial charge in [-0.1, -0.05) is 25.1 Å². The van der Waals surface area contributed by atoms with Gasteiger partial charge in [-0.3, -0.25) is 4.79 Å². The van der Waals surface area contributed by atoms with Crippen LogP contribution in [0.5, 0.6) is 5.75 Å². The van der Waals surface area contributed by atoms with Crippen LogP contribution in [0.2, 0.25) is 0 Å². The molecule has 0 saturated heterocycles. The lowest BCUT2D eigenvalue weighted by molar-refractivity contribution is -0.124. The third kappa shape index (κ3) is 4.04. The van der Waals surface area contributed by atoms with Gasteiger partial charge in [-0.15, -0.1) is 0 Å². The number of ether oxygens (including phenoxy) is 1. The van der Waals surface area contributed by atoms with Crippen LogP contribution in [0.1, 0.15) is 18.9 Å². The molecule has 4 heteroatoms. The van der Waals surface area contributed by atoms with Gasteiger partial charge in [-0.25, -0.2) is 0 Å². The van der Waals surface area contributed by atoms with Crippen LogP contribution in [0.3, 0.4) is 0 Å². The third-order valence-corrected chi connectivity index (χ3v) is 2.86. The van der Waals surface area contributed by atoms with E-state index in [4.69, 9.17) is 10.5 Å². The molecule has 0 aliphatic carbocycles. The summed E-state index contributed by atoms with van der Waals surface area (Å²) in [6, 6.07) is 7.72. The monoisotopic (exact) mass is 250 g/mol. The number of rotatable bonds is 7. The lowest BCUT2D eigenvalue weighted by Gasteiger charge is -2.16. The highest BCUT2D eigenvalue weighted by atomic mass is 16.5. The first kappa shape index (κ1) is 14.5. The van der Waals surface area contributed by atoms with Crippen molar-refractivity contribution in [1.29, 1.82) is 0 Å². The molecule has 1 atom stereocenters. The molecule has 0 fully saturated rings. The fourth-order valence-electron chi connectivity index (χ4n) is 1.81. The summed E-state index contributed by atoms with van der Waals surface area (Å²) in [7, 11) is 1.63. The first-order valence-electron chi connectivity index (χ1n) is 6.32. The lowest BCUT2D eigenvalue weighted by Crippen LogP contribution is -2.36. The van der Waals surface area contributed by atoms with Crippen LogP contribution in [-0.4, -0.2) is 26.1 Å². The smallest absolute Gasteiger partial charge is 0.224 e. The summed E-state index contributed by atoms with van der Waals surface area (Å²) in [6.45, 7) is 3.06. The van der Waals surface area contributed by atoms with Crippen LogP contribution in [-0.2, 0) is 11.2 Å². The summed E-state index contributed by atoms with van der Waals surface area (Å²) < 4.78 is 5.28. The van der Waals surface area contributed by atoms with E-state index >= 15 is 0 Å². The van der Waals surface area contributed by atoms with Crippen LogP contribution < -0.4 is 15.8 Å². The molecule has 0 radical (unpaired) electrons. The lowest BCUT2D eigenvalue weighted by atomic mass is 9.98. The highest BCUT2D eigenvalue weighted by molar-refractivity contribution is 5.79. The predicted octanol–water partition coefficient (Wildman–Crippen LogP) is 1.34. The second-order valence-electron chi connectivity index (χ2n) is 4.24. The van der Waals surface area contributed by atoms with Gasteiger partial charge >= 0.3 is 0 Å². The van der Waals surface area contributed by atoms with Crippen molar-refractivity contribution in [3.63, 3.8) is 0 Å². The number of para-hydroxylation sites is 1. The van der Waals surface area contributed by atoms with Crippen molar-refractivity contribution in [2.75, 3.05) is 20.2 Å². The summed E-state index contributed by atoms with van der Waals surface area (Å²) in [5.74, 6) is 0.623. The van der Waals surface area contributed by atoms with Gasteiger partial charge in [-0.05, 0) is 24.5 Å². The fraction of sp³-hybridized carbons (Fsp3) is 0.500. The molecule has 1 rings (SSSR count). The Balaban J connectivity index is 2.70. The molecule has 0 aliphatic rings. The van der Waals surface area contributed by atoms with Crippen molar-refractivity contribution in [3.8, 4) is 5.75 Å². The normalized spacial score (nSPS) is 11.9. The standard InChI is InChI=1S/C14H22N2O2/c1-3-8-16-14(17)12(10-15)9-11-6-4-5-7-13(11)18-2/h4-7,12H,3,8-10,15H2,1-2H3,(H,16,17). The maximum atomic E-state index is 11.9. The van der Waals surface area contributed by atoms with E-state index in [1.807, 2.05) is 31.2 Å². The van der Waals surface area contributed by atoms with Crippen LogP contribution in [0.15, 0.2) is 24.3 Å². The van der Waals surface area contributed by atoms with E-state index in [1.54, 1.807) is 7.11 Å². The van der Waals surface area contributed by atoms with Crippen LogP contribution in [0.25, 0.3) is 0 Å². The molecule has 100 valence electrons. The van der Waals surface area contributed by atoms with Crippen molar-refractivity contribution in [2.24, 2.45) is 11.7 Å². The number of methoxy groups -OCH3 is 1. The molecule has 1 aromatic rings. The number of nitrogens with two attached hydrogens (primary N) is 1. The zero-order valence-corrected chi connectivity index (χ0v) is 11.1. The first-order chi connectivity index (χ1) is 8.72. The highest BCUT2D eigenvalue weighted by Gasteiger charge is 2.18. The van der Waals surface area contributed by atoms with E-state index in [0.29, 0.717) is 19.5 Å². The molecule has 18 heavy (non-hydrogen) atoms. The first-order valence-corrected chi connectivity index (χ1v) is 6.32. The Labute approximate surface area is 109 Å². The Kier molecular flexibility index (Phi) is 6.22. The average Bonchev–Trinajstić information content (AvgIpc) is 2.42. The van der Waals surface area contributed by atoms with Crippen molar-refractivity contribution < 1.29 is 9.53 Å². The molecule has 1 unspecified atom stereocenters. The summed E-state index contributed by atoms with van der Waals surface area (Å²) in [6.07, 6.45) is 1.54. The molecule has 0 saturated carbocycles. The number of hydrogen-bond donors (Lipinski definition) is 2. The molecule has 1 amide bonds. The van der Waals surface area contributed by atoms with Crippen LogP contribution in [0, 0.1) is 5.92 Å². The zero-order valence-electron chi connectivity index (χ0n) is 11.1. The molecule has 3 N–H and O–H groups in total. The molecule has 0 aliphatic heterocycles. The van der Waals surface area contributed by atoms with Gasteiger partial charge in [0.1, 0.15) is 5.75 Å². The Bertz CT molecular complexity index is 380. The largest absolute Gasteiger partial charge is 0.496 e. The molecule has 0 spiro atoms. The minimum absolute atomic E-state index is 0.0188. The summed E-state index contributed by atoms with van der Waals surface area (Å²) >= 11 is 0. The molecular weight excluding hydrogens is 228 g/mol. The van der Waals surface area contributed by atoms with E-state index in [0.717, 1.165) is 17.7 Å². The quantitative estimate of drug-likeness (QED) is 0.767. The minimum atomic E-state index is -0.201. The second kappa shape index (κ2) is 7.71. The molecule has 4 nitrogen and oxygen atoms in total. The van der Waals surface area contributed by atoms with Crippen LogP contribution in [0.4, 0.5) is 0 Å². The summed E-state index contributed by atoms with van der Waals surface area (Å²) in [5.41, 5.74) is 6.70. The molecule has 1 aromatic carbocycles. The number of nitrogens with one attached hydrogen (secondary N) is 1. The molecule has 0 heterocycles. The van der Waals surface area contributed by atoms with Gasteiger partial charge < -0.3 is 15.8 Å². The Hall–Kier alpha value is -1.55. The topological polar surface area (TPSA) is 64.4 Å². The number of amides is 1. The molecular formula is C14H22N2O2. The van der Waals surface area contributed by atoms with Gasteiger partial charge in [-0.2, -0.15) is 0 Å². The number of benzene rings is 1. The Morgan fingerprint density at radius 3 is 2.78 bits per heavy atom. The molecule has 0 bridgehead atoms. The third-order valence-electron chi connectivity index (χ3n) is 2.86. The fourth-order valence-corrected chi connectivity index (χ4v) is 1.81. The second-order valence-corrected chi connectivity index (χ2v) is 4.24. The van der Waals surface area contributed by atoms with E-state index in [-0.39, 0.29) is 11.8 Å². The highest BCUT2D eigenvalue weighted by Crippen LogP contribution is 2.20. The minimum Gasteiger partial charge on any atom is -0.496 e. The van der Waals surface area contributed by atoms with Gasteiger partial charge in [0.2, 0.25) is 5.91 Å². The van der Waals surface area contributed by atoms with Crippen LogP contribution >= 0.6 is 0 Å². The van der Waals surface area contributed by atoms with E-state index in [2.05, 4.69) is 5.32 Å². The average molecular weight is 250 g/mol. The Morgan fingerprint density at radius 2 is 2.17 bits per heavy atom. The van der Waals surface area contributed by atoms with Gasteiger partial charge in [0.15, 0.2) is 0 Å². The number of hydrogen-bond acceptors (Lipinski definition) is 3. The Morgan fingerprint density at radius 1 is 1.44 bits per heavy atom. The maximum Gasteiger partial charge on any atom is 0.224 e. The maximum absolute atomic E-state index is 11.9. The SMILES string of the molecule is CCCNC(=O)C(CN)Cc1ccccc1OC. The van der Waals surface area contributed by atoms with Crippen molar-refractivity contribution in [3.05, 3.63) is 29.8 Å². The van der Waals surface area contributed by atoms with Gasteiger partial charge in [0.25, 0.3) is 0 Å². The van der Waals surface area contributed by atoms with Crippen molar-refractivity contribution in [1.82, 2.24) is 5.32 Å². The van der Waals surface area contributed by atoms with E-state index < -0.39 is 0 Å². The van der Waals surface area contributed by atoms with Crippen molar-refractivity contribution >= 4 is 5.91 Å². The van der Waals surface area contributed by atoms with E-state index in [9.17, 15) is 4.79 Å². The summed E-state index contributed by atoms with van der Waals surface area (Å²) in [5, 5.41) is 2.88.